The van der Waals surface area contributed by atoms with E-state index >= 15 is 0 Å². The molecule has 3 N–H and O–H groups in total. The first-order valence-corrected chi connectivity index (χ1v) is 7.83. The van der Waals surface area contributed by atoms with Crippen molar-refractivity contribution in [3.8, 4) is 0 Å². The Balaban J connectivity index is 2.02. The summed E-state index contributed by atoms with van der Waals surface area (Å²) in [4.78, 5) is 14.3. The van der Waals surface area contributed by atoms with Crippen LogP contribution in [-0.4, -0.2) is 37.0 Å². The van der Waals surface area contributed by atoms with Crippen molar-refractivity contribution >= 4 is 23.2 Å². The van der Waals surface area contributed by atoms with E-state index in [1.165, 1.54) is 6.42 Å². The lowest BCUT2D eigenvalue weighted by molar-refractivity contribution is -0.136. The van der Waals surface area contributed by atoms with Crippen LogP contribution in [0.3, 0.4) is 0 Å². The lowest BCUT2D eigenvalue weighted by Crippen LogP contribution is -2.37. The van der Waals surface area contributed by atoms with Gasteiger partial charge in [0.15, 0.2) is 0 Å². The highest BCUT2D eigenvalue weighted by molar-refractivity contribution is 6.31. The summed E-state index contributed by atoms with van der Waals surface area (Å²) in [6, 6.07) is 1.88. The van der Waals surface area contributed by atoms with Gasteiger partial charge >= 0.3 is 6.18 Å². The van der Waals surface area contributed by atoms with Crippen molar-refractivity contribution < 1.29 is 18.0 Å². The third kappa shape index (κ3) is 4.75. The second-order valence-corrected chi connectivity index (χ2v) is 6.01. The minimum atomic E-state index is -4.65. The Hall–Kier alpha value is -1.47. The van der Waals surface area contributed by atoms with Crippen LogP contribution in [0.4, 0.5) is 18.9 Å². The second kappa shape index (κ2) is 7.40. The third-order valence-corrected chi connectivity index (χ3v) is 4.08. The van der Waals surface area contributed by atoms with Gasteiger partial charge in [0.05, 0.1) is 16.8 Å². The molecule has 128 valence electrons. The molecule has 0 bridgehead atoms. The topological polar surface area (TPSA) is 58.4 Å². The molecule has 0 radical (unpaired) electrons. The second-order valence-electron chi connectivity index (χ2n) is 5.57. The smallest absolute Gasteiger partial charge is 0.398 e. The molecule has 0 atom stereocenters. The SMILES string of the molecule is Nc1c(C(=O)NCCN2CCCCC2)cc(Cl)cc1C(F)(F)F. The predicted octanol–water partition coefficient (Wildman–Crippen LogP) is 3.16. The molecule has 0 spiro atoms. The molecule has 0 unspecified atom stereocenters. The number of anilines is 1. The molecule has 0 aromatic heterocycles. The van der Waals surface area contributed by atoms with Crippen molar-refractivity contribution in [1.29, 1.82) is 0 Å². The summed E-state index contributed by atoms with van der Waals surface area (Å²) in [7, 11) is 0. The number of hydrogen-bond donors (Lipinski definition) is 2. The summed E-state index contributed by atoms with van der Waals surface area (Å²) in [6.07, 6.45) is -1.19. The molecule has 4 nitrogen and oxygen atoms in total. The largest absolute Gasteiger partial charge is 0.418 e. The normalized spacial score (nSPS) is 16.3. The van der Waals surface area contributed by atoms with E-state index < -0.39 is 23.3 Å². The average molecular weight is 350 g/mol. The highest BCUT2D eigenvalue weighted by atomic mass is 35.5. The minimum absolute atomic E-state index is 0.173. The van der Waals surface area contributed by atoms with E-state index in [0.29, 0.717) is 13.1 Å². The lowest BCUT2D eigenvalue weighted by Gasteiger charge is -2.26. The molecular weight excluding hydrogens is 331 g/mol. The van der Waals surface area contributed by atoms with Crippen LogP contribution in [0.25, 0.3) is 0 Å². The van der Waals surface area contributed by atoms with E-state index in [1.807, 2.05) is 0 Å². The summed E-state index contributed by atoms with van der Waals surface area (Å²) in [6.45, 7) is 2.98. The standard InChI is InChI=1S/C15H19ClF3N3O/c16-10-8-11(13(20)12(9-10)15(17,18)19)14(23)21-4-7-22-5-2-1-3-6-22/h8-9H,1-7,20H2,(H,21,23). The van der Waals surface area contributed by atoms with Gasteiger partial charge in [0.1, 0.15) is 0 Å². The zero-order valence-electron chi connectivity index (χ0n) is 12.5. The maximum atomic E-state index is 12.9. The van der Waals surface area contributed by atoms with Crippen molar-refractivity contribution in [2.24, 2.45) is 0 Å². The van der Waals surface area contributed by atoms with Crippen LogP contribution in [0.2, 0.25) is 5.02 Å². The molecule has 23 heavy (non-hydrogen) atoms. The number of likely N-dealkylation sites (tertiary alicyclic amines) is 1. The number of alkyl halides is 3. The number of nitrogens with zero attached hydrogens (tertiary/aromatic N) is 1. The van der Waals surface area contributed by atoms with Crippen LogP contribution in [0.5, 0.6) is 0 Å². The molecule has 1 fully saturated rings. The van der Waals surface area contributed by atoms with Crippen LogP contribution < -0.4 is 11.1 Å². The number of carbonyl (C=O) groups excluding carboxylic acids is 1. The van der Waals surface area contributed by atoms with Gasteiger partial charge < -0.3 is 16.0 Å². The number of rotatable bonds is 4. The van der Waals surface area contributed by atoms with Gasteiger partial charge in [0.2, 0.25) is 0 Å². The van der Waals surface area contributed by atoms with Crippen molar-refractivity contribution in [2.45, 2.75) is 25.4 Å². The molecule has 1 aromatic carbocycles. The maximum absolute atomic E-state index is 12.9. The van der Waals surface area contributed by atoms with E-state index in [4.69, 9.17) is 17.3 Å². The van der Waals surface area contributed by atoms with Crippen molar-refractivity contribution in [3.05, 3.63) is 28.3 Å². The Bertz CT molecular complexity index is 572. The minimum Gasteiger partial charge on any atom is -0.398 e. The molecule has 2 rings (SSSR count). The van der Waals surface area contributed by atoms with E-state index in [9.17, 15) is 18.0 Å². The highest BCUT2D eigenvalue weighted by Crippen LogP contribution is 2.37. The van der Waals surface area contributed by atoms with Crippen molar-refractivity contribution in [1.82, 2.24) is 10.2 Å². The van der Waals surface area contributed by atoms with Gasteiger partial charge in [-0.2, -0.15) is 13.2 Å². The molecule has 1 saturated heterocycles. The summed E-state index contributed by atoms with van der Waals surface area (Å²) in [5.74, 6) is -0.646. The molecule has 1 aliphatic heterocycles. The van der Waals surface area contributed by atoms with E-state index in [2.05, 4.69) is 10.2 Å². The molecular formula is C15H19ClF3N3O. The van der Waals surface area contributed by atoms with Crippen LogP contribution in [0.15, 0.2) is 12.1 Å². The number of halogens is 4. The lowest BCUT2D eigenvalue weighted by atomic mass is 10.1. The number of benzene rings is 1. The molecule has 8 heteroatoms. The number of hydrogen-bond acceptors (Lipinski definition) is 3. The molecule has 1 aliphatic rings. The van der Waals surface area contributed by atoms with Crippen molar-refractivity contribution in [3.63, 3.8) is 0 Å². The summed E-state index contributed by atoms with van der Waals surface area (Å²) in [5.41, 5.74) is 3.57. The van der Waals surface area contributed by atoms with Gasteiger partial charge in [0, 0.05) is 18.1 Å². The van der Waals surface area contributed by atoms with Crippen LogP contribution in [0, 0.1) is 0 Å². The van der Waals surface area contributed by atoms with Crippen LogP contribution in [0.1, 0.15) is 35.2 Å². The molecule has 0 aliphatic carbocycles. The summed E-state index contributed by atoms with van der Waals surface area (Å²) >= 11 is 5.68. The number of nitrogens with one attached hydrogen (secondary N) is 1. The summed E-state index contributed by atoms with van der Waals surface area (Å²) < 4.78 is 38.7. The first-order valence-electron chi connectivity index (χ1n) is 7.46. The predicted molar refractivity (Wildman–Crippen MR) is 83.5 cm³/mol. The Labute approximate surface area is 137 Å². The van der Waals surface area contributed by atoms with Gasteiger partial charge in [0.25, 0.3) is 5.91 Å². The molecule has 0 saturated carbocycles. The first kappa shape index (κ1) is 17.9. The zero-order chi connectivity index (χ0) is 17.0. The Kier molecular flexibility index (Phi) is 5.75. The molecule has 1 aromatic rings. The number of carbonyl (C=O) groups is 1. The molecule has 1 amide bonds. The maximum Gasteiger partial charge on any atom is 0.418 e. The third-order valence-electron chi connectivity index (χ3n) is 3.86. The van der Waals surface area contributed by atoms with Gasteiger partial charge in [-0.1, -0.05) is 18.0 Å². The monoisotopic (exact) mass is 349 g/mol. The van der Waals surface area contributed by atoms with E-state index in [1.54, 1.807) is 0 Å². The fourth-order valence-corrected chi connectivity index (χ4v) is 2.86. The quantitative estimate of drug-likeness (QED) is 0.821. The zero-order valence-corrected chi connectivity index (χ0v) is 13.3. The number of nitrogen functional groups attached to an aromatic ring is 1. The highest BCUT2D eigenvalue weighted by Gasteiger charge is 2.35. The van der Waals surface area contributed by atoms with Crippen LogP contribution in [-0.2, 0) is 6.18 Å². The van der Waals surface area contributed by atoms with E-state index in [-0.39, 0.29) is 10.6 Å². The Morgan fingerprint density at radius 1 is 1.26 bits per heavy atom. The first-order chi connectivity index (χ1) is 10.8. The van der Waals surface area contributed by atoms with Gasteiger partial charge in [-0.05, 0) is 38.1 Å². The van der Waals surface area contributed by atoms with Gasteiger partial charge in [-0.25, -0.2) is 0 Å². The van der Waals surface area contributed by atoms with Gasteiger partial charge in [-0.3, -0.25) is 4.79 Å². The van der Waals surface area contributed by atoms with Crippen LogP contribution >= 0.6 is 11.6 Å². The Morgan fingerprint density at radius 2 is 1.91 bits per heavy atom. The van der Waals surface area contributed by atoms with Crippen molar-refractivity contribution in [2.75, 3.05) is 31.9 Å². The fraction of sp³-hybridized carbons (Fsp3) is 0.533. The average Bonchev–Trinajstić information content (AvgIpc) is 2.49. The molecule has 1 heterocycles. The fourth-order valence-electron chi connectivity index (χ4n) is 2.65. The number of piperidine rings is 1. The van der Waals surface area contributed by atoms with E-state index in [0.717, 1.165) is 38.1 Å². The Morgan fingerprint density at radius 3 is 2.52 bits per heavy atom. The van der Waals surface area contributed by atoms with Gasteiger partial charge in [-0.15, -0.1) is 0 Å². The summed E-state index contributed by atoms with van der Waals surface area (Å²) in [5, 5.41) is 2.43. The number of nitrogens with two attached hydrogens (primary N) is 1. The number of amides is 1.